The topological polar surface area (TPSA) is 60.9 Å². The standard InChI is InChI=1S/C11H9N3O2S2/c1-7-12-5-8(18-7)6-14-11(15)16-10(13-14)9-3-2-4-17-9/h2-5H,6H2,1H3. The third-order valence-corrected chi connectivity index (χ3v) is 4.07. The van der Waals surface area contributed by atoms with Gasteiger partial charge in [-0.25, -0.2) is 9.78 Å². The first-order valence-electron chi connectivity index (χ1n) is 5.25. The van der Waals surface area contributed by atoms with E-state index in [-0.39, 0.29) is 0 Å². The van der Waals surface area contributed by atoms with E-state index in [1.165, 1.54) is 16.0 Å². The summed E-state index contributed by atoms with van der Waals surface area (Å²) in [5.74, 6) is -0.0688. The Hall–Kier alpha value is -1.73. The maximum absolute atomic E-state index is 11.7. The normalized spacial score (nSPS) is 10.9. The van der Waals surface area contributed by atoms with Crippen molar-refractivity contribution >= 4 is 22.7 Å². The number of rotatable bonds is 3. The molecule has 3 heterocycles. The zero-order valence-corrected chi connectivity index (χ0v) is 11.1. The van der Waals surface area contributed by atoms with Crippen LogP contribution in [0.5, 0.6) is 0 Å². The van der Waals surface area contributed by atoms with Crippen molar-refractivity contribution in [1.29, 1.82) is 0 Å². The van der Waals surface area contributed by atoms with E-state index in [9.17, 15) is 4.79 Å². The van der Waals surface area contributed by atoms with E-state index in [4.69, 9.17) is 4.42 Å². The van der Waals surface area contributed by atoms with Crippen molar-refractivity contribution < 1.29 is 4.42 Å². The number of aromatic nitrogens is 3. The zero-order chi connectivity index (χ0) is 12.5. The fourth-order valence-corrected chi connectivity index (χ4v) is 2.95. The average Bonchev–Trinajstić information content (AvgIpc) is 3.02. The second-order valence-electron chi connectivity index (χ2n) is 3.65. The fourth-order valence-electron chi connectivity index (χ4n) is 1.53. The van der Waals surface area contributed by atoms with Gasteiger partial charge < -0.3 is 4.42 Å². The third-order valence-electron chi connectivity index (χ3n) is 2.31. The molecule has 5 nitrogen and oxygen atoms in total. The molecule has 7 heteroatoms. The van der Waals surface area contributed by atoms with Crippen LogP contribution < -0.4 is 5.76 Å². The Morgan fingerprint density at radius 1 is 1.50 bits per heavy atom. The molecule has 0 aliphatic rings. The van der Waals surface area contributed by atoms with Crippen molar-refractivity contribution in [2.45, 2.75) is 13.5 Å². The van der Waals surface area contributed by atoms with Crippen molar-refractivity contribution in [1.82, 2.24) is 14.8 Å². The molecule has 0 unspecified atom stereocenters. The summed E-state index contributed by atoms with van der Waals surface area (Å²) in [6, 6.07) is 3.77. The lowest BCUT2D eigenvalue weighted by molar-refractivity contribution is 0.496. The smallest absolute Gasteiger partial charge is 0.387 e. The second-order valence-corrected chi connectivity index (χ2v) is 5.92. The van der Waals surface area contributed by atoms with Crippen molar-refractivity contribution in [2.75, 3.05) is 0 Å². The van der Waals surface area contributed by atoms with Gasteiger partial charge >= 0.3 is 5.76 Å². The highest BCUT2D eigenvalue weighted by molar-refractivity contribution is 7.13. The van der Waals surface area contributed by atoms with Gasteiger partial charge in [0.15, 0.2) is 0 Å². The quantitative estimate of drug-likeness (QED) is 0.738. The molecule has 0 amide bonds. The Morgan fingerprint density at radius 3 is 3.06 bits per heavy atom. The molecule has 3 aromatic heterocycles. The molecule has 0 fully saturated rings. The van der Waals surface area contributed by atoms with Crippen LogP contribution in [0.1, 0.15) is 9.88 Å². The zero-order valence-electron chi connectivity index (χ0n) is 9.49. The lowest BCUT2D eigenvalue weighted by atomic mass is 10.5. The molecular weight excluding hydrogens is 270 g/mol. The molecule has 0 bridgehead atoms. The largest absolute Gasteiger partial charge is 0.437 e. The highest BCUT2D eigenvalue weighted by atomic mass is 32.1. The Labute approximate surface area is 110 Å². The maximum atomic E-state index is 11.7. The summed E-state index contributed by atoms with van der Waals surface area (Å²) in [4.78, 5) is 17.7. The molecule has 92 valence electrons. The Bertz CT molecular complexity index is 709. The summed E-state index contributed by atoms with van der Waals surface area (Å²) >= 11 is 3.04. The molecule has 0 N–H and O–H groups in total. The van der Waals surface area contributed by atoms with Crippen molar-refractivity contribution in [3.8, 4) is 10.8 Å². The van der Waals surface area contributed by atoms with Crippen molar-refractivity contribution in [2.24, 2.45) is 0 Å². The van der Waals surface area contributed by atoms with Gasteiger partial charge in [-0.1, -0.05) is 6.07 Å². The summed E-state index contributed by atoms with van der Waals surface area (Å²) in [5.41, 5.74) is 0. The molecule has 0 aliphatic heterocycles. The van der Waals surface area contributed by atoms with Crippen LogP contribution >= 0.6 is 22.7 Å². The maximum Gasteiger partial charge on any atom is 0.437 e. The van der Waals surface area contributed by atoms with Gasteiger partial charge in [-0.05, 0) is 18.4 Å². The predicted molar refractivity (Wildman–Crippen MR) is 70.0 cm³/mol. The van der Waals surface area contributed by atoms with Crippen LogP contribution in [-0.2, 0) is 6.54 Å². The van der Waals surface area contributed by atoms with Gasteiger partial charge in [0.25, 0.3) is 5.89 Å². The fraction of sp³-hybridized carbons (Fsp3) is 0.182. The number of hydrogen-bond donors (Lipinski definition) is 0. The summed E-state index contributed by atoms with van der Waals surface area (Å²) < 4.78 is 6.45. The van der Waals surface area contributed by atoms with Gasteiger partial charge in [0, 0.05) is 11.1 Å². The number of thiophene rings is 1. The van der Waals surface area contributed by atoms with E-state index in [2.05, 4.69) is 10.1 Å². The first-order chi connectivity index (χ1) is 8.72. The Morgan fingerprint density at radius 2 is 2.39 bits per heavy atom. The lowest BCUT2D eigenvalue weighted by Crippen LogP contribution is -2.15. The van der Waals surface area contributed by atoms with Crippen molar-refractivity contribution in [3.63, 3.8) is 0 Å². The summed E-state index contributed by atoms with van der Waals surface area (Å²) in [7, 11) is 0. The second kappa shape index (κ2) is 4.51. The molecule has 3 aromatic rings. The van der Waals surface area contributed by atoms with Crippen LogP contribution in [0.4, 0.5) is 0 Å². The highest BCUT2D eigenvalue weighted by Crippen LogP contribution is 2.21. The third kappa shape index (κ3) is 2.14. The van der Waals surface area contributed by atoms with E-state index in [0.29, 0.717) is 12.4 Å². The Kier molecular flexibility index (Phi) is 2.85. The van der Waals surface area contributed by atoms with Gasteiger partial charge in [0.05, 0.1) is 16.4 Å². The molecule has 0 radical (unpaired) electrons. The van der Waals surface area contributed by atoms with E-state index < -0.39 is 5.76 Å². The van der Waals surface area contributed by atoms with Gasteiger partial charge in [-0.15, -0.1) is 27.8 Å². The predicted octanol–water partition coefficient (Wildman–Crippen LogP) is 2.38. The van der Waals surface area contributed by atoms with Crippen LogP contribution in [0.3, 0.4) is 0 Å². The summed E-state index contributed by atoms with van der Waals surface area (Å²) in [6.07, 6.45) is 1.76. The van der Waals surface area contributed by atoms with Crippen LogP contribution in [0.15, 0.2) is 32.9 Å². The lowest BCUT2D eigenvalue weighted by Gasteiger charge is -1.92. The molecule has 3 rings (SSSR count). The Balaban J connectivity index is 1.92. The number of aryl methyl sites for hydroxylation is 1. The van der Waals surface area contributed by atoms with Crippen LogP contribution in [-0.4, -0.2) is 14.8 Å². The first kappa shape index (κ1) is 11.4. The van der Waals surface area contributed by atoms with Crippen LogP contribution in [0.2, 0.25) is 0 Å². The van der Waals surface area contributed by atoms with E-state index in [1.807, 2.05) is 24.4 Å². The minimum absolute atomic E-state index is 0.372. The highest BCUT2D eigenvalue weighted by Gasteiger charge is 2.12. The molecule has 0 aliphatic carbocycles. The first-order valence-corrected chi connectivity index (χ1v) is 6.95. The molecule has 0 spiro atoms. The molecule has 0 atom stereocenters. The van der Waals surface area contributed by atoms with Crippen molar-refractivity contribution in [3.05, 3.63) is 44.1 Å². The number of nitrogens with zero attached hydrogens (tertiary/aromatic N) is 3. The van der Waals surface area contributed by atoms with Gasteiger partial charge in [0.2, 0.25) is 0 Å². The summed E-state index contributed by atoms with van der Waals surface area (Å²) in [5, 5.41) is 7.07. The van der Waals surface area contributed by atoms with E-state index >= 15 is 0 Å². The van der Waals surface area contributed by atoms with Crippen LogP contribution in [0, 0.1) is 6.92 Å². The molecule has 0 saturated carbocycles. The molecule has 18 heavy (non-hydrogen) atoms. The minimum Gasteiger partial charge on any atom is -0.387 e. The van der Waals surface area contributed by atoms with Gasteiger partial charge in [-0.2, -0.15) is 4.68 Å². The van der Waals surface area contributed by atoms with E-state index in [1.54, 1.807) is 17.5 Å². The summed E-state index contributed by atoms with van der Waals surface area (Å²) in [6.45, 7) is 2.33. The molecular formula is C11H9N3O2S2. The monoisotopic (exact) mass is 279 g/mol. The minimum atomic E-state index is -0.440. The van der Waals surface area contributed by atoms with Gasteiger partial charge in [-0.3, -0.25) is 0 Å². The average molecular weight is 279 g/mol. The van der Waals surface area contributed by atoms with E-state index in [0.717, 1.165) is 14.8 Å². The number of thiazole rings is 1. The molecule has 0 saturated heterocycles. The van der Waals surface area contributed by atoms with Gasteiger partial charge in [0.1, 0.15) is 0 Å². The number of hydrogen-bond acceptors (Lipinski definition) is 6. The molecule has 0 aromatic carbocycles. The van der Waals surface area contributed by atoms with Crippen LogP contribution in [0.25, 0.3) is 10.8 Å². The SMILES string of the molecule is Cc1ncc(Cn2nc(-c3cccs3)oc2=O)s1.